The van der Waals surface area contributed by atoms with E-state index in [4.69, 9.17) is 5.21 Å². The fourth-order valence-electron chi connectivity index (χ4n) is 7.56. The van der Waals surface area contributed by atoms with Crippen molar-refractivity contribution in [2.45, 2.75) is 83.3 Å². The zero-order chi connectivity index (χ0) is 17.2. The maximum Gasteiger partial charge on any atom is 0.0738 e. The topological polar surface area (TPSA) is 73.1 Å². The number of fused-ring (bicyclic) bond motifs is 5. The number of oxime groups is 1. The van der Waals surface area contributed by atoms with Crippen LogP contribution in [0.25, 0.3) is 0 Å². The lowest BCUT2D eigenvalue weighted by atomic mass is 9.43. The Kier molecular flexibility index (Phi) is 3.82. The Labute approximate surface area is 145 Å². The number of hydrogen-bond acceptors (Lipinski definition) is 4. The monoisotopic (exact) mass is 335 g/mol. The van der Waals surface area contributed by atoms with E-state index < -0.39 is 5.60 Å². The first-order chi connectivity index (χ1) is 11.3. The molecule has 0 aliphatic heterocycles. The maximum absolute atomic E-state index is 11.8. The highest BCUT2D eigenvalue weighted by Crippen LogP contribution is 2.68. The fourth-order valence-corrected chi connectivity index (χ4v) is 7.56. The average Bonchev–Trinajstić information content (AvgIpc) is 2.81. The first kappa shape index (κ1) is 16.8. The Hall–Kier alpha value is -0.610. The summed E-state index contributed by atoms with van der Waals surface area (Å²) in [5.41, 5.74) is -0.494. The van der Waals surface area contributed by atoms with Gasteiger partial charge in [-0.2, -0.15) is 0 Å². The maximum atomic E-state index is 11.8. The minimum atomic E-state index is -0.619. The second-order valence-electron chi connectivity index (χ2n) is 9.71. The molecule has 0 radical (unpaired) electrons. The number of rotatable bonds is 1. The molecule has 0 unspecified atom stereocenters. The second-order valence-corrected chi connectivity index (χ2v) is 9.71. The molecule has 4 aliphatic rings. The Morgan fingerprint density at radius 3 is 2.50 bits per heavy atom. The molecule has 3 N–H and O–H groups in total. The van der Waals surface area contributed by atoms with Crippen LogP contribution in [-0.2, 0) is 0 Å². The van der Waals surface area contributed by atoms with E-state index in [0.717, 1.165) is 51.4 Å². The van der Waals surface area contributed by atoms with Gasteiger partial charge < -0.3 is 15.4 Å². The van der Waals surface area contributed by atoms with Crippen LogP contribution in [0.1, 0.15) is 71.6 Å². The summed E-state index contributed by atoms with van der Waals surface area (Å²) in [6.45, 7) is 4.66. The normalized spacial score (nSPS) is 57.4. The SMILES string of the molecule is C[C@]12CC[C@H](O)C[C@H]1CC[C@@H]1[C@@H]2CC[C@]2(C)[C@@H](/C=N/O)CC[C@]12O. The molecule has 136 valence electrons. The molecule has 4 rings (SSSR count). The van der Waals surface area contributed by atoms with E-state index in [1.165, 1.54) is 6.42 Å². The zero-order valence-electron chi connectivity index (χ0n) is 15.1. The van der Waals surface area contributed by atoms with Gasteiger partial charge in [0.2, 0.25) is 0 Å². The van der Waals surface area contributed by atoms with Crippen LogP contribution in [0.5, 0.6) is 0 Å². The van der Waals surface area contributed by atoms with E-state index in [2.05, 4.69) is 19.0 Å². The first-order valence-electron chi connectivity index (χ1n) is 9.93. The van der Waals surface area contributed by atoms with Gasteiger partial charge in [0, 0.05) is 17.5 Å². The van der Waals surface area contributed by atoms with Gasteiger partial charge >= 0.3 is 0 Å². The lowest BCUT2D eigenvalue weighted by Gasteiger charge is -2.63. The molecule has 0 heterocycles. The minimum absolute atomic E-state index is 0.117. The molecule has 4 fully saturated rings. The largest absolute Gasteiger partial charge is 0.411 e. The predicted octanol–water partition coefficient (Wildman–Crippen LogP) is 3.58. The van der Waals surface area contributed by atoms with Crippen LogP contribution >= 0.6 is 0 Å². The highest BCUT2D eigenvalue weighted by molar-refractivity contribution is 5.62. The van der Waals surface area contributed by atoms with E-state index in [1.54, 1.807) is 6.21 Å². The van der Waals surface area contributed by atoms with E-state index in [-0.39, 0.29) is 22.9 Å². The Morgan fingerprint density at radius 1 is 0.958 bits per heavy atom. The lowest BCUT2D eigenvalue weighted by molar-refractivity contribution is -0.206. The number of aliphatic hydroxyl groups excluding tert-OH is 1. The van der Waals surface area contributed by atoms with Crippen LogP contribution in [0.4, 0.5) is 0 Å². The molecule has 0 bridgehead atoms. The highest BCUT2D eigenvalue weighted by atomic mass is 16.4. The molecule has 24 heavy (non-hydrogen) atoms. The molecule has 0 spiro atoms. The smallest absolute Gasteiger partial charge is 0.0738 e. The van der Waals surface area contributed by atoms with Gasteiger partial charge in [-0.3, -0.25) is 0 Å². The molecule has 0 amide bonds. The van der Waals surface area contributed by atoms with Crippen molar-refractivity contribution >= 4 is 6.21 Å². The fraction of sp³-hybridized carbons (Fsp3) is 0.950. The summed E-state index contributed by atoms with van der Waals surface area (Å²) >= 11 is 0. The molecule has 0 aromatic rings. The summed E-state index contributed by atoms with van der Waals surface area (Å²) < 4.78 is 0. The Morgan fingerprint density at radius 2 is 1.75 bits per heavy atom. The van der Waals surface area contributed by atoms with Crippen molar-refractivity contribution in [2.75, 3.05) is 0 Å². The van der Waals surface area contributed by atoms with Crippen LogP contribution in [0.15, 0.2) is 5.16 Å². The summed E-state index contributed by atoms with van der Waals surface area (Å²) in [5.74, 6) is 1.75. The lowest BCUT2D eigenvalue weighted by Crippen LogP contribution is -2.62. The molecular formula is C20H33NO3. The van der Waals surface area contributed by atoms with E-state index >= 15 is 0 Å². The van der Waals surface area contributed by atoms with Gasteiger partial charge in [0.25, 0.3) is 0 Å². The standard InChI is InChI=1S/C20H33NO3/c1-18-8-6-15(22)11-13(18)3-4-17-16(18)7-9-19(2)14(12-21-24)5-10-20(17,19)23/h12-17,22-24H,3-11H2,1-2H3/b21-12+/t13-,14-,15+,16+,17-,18+,19-,20+/m1/s1. The number of nitrogens with zero attached hydrogens (tertiary/aromatic N) is 1. The number of hydrogen-bond donors (Lipinski definition) is 3. The molecule has 0 aromatic carbocycles. The van der Waals surface area contributed by atoms with Crippen LogP contribution < -0.4 is 0 Å². The molecule has 8 atom stereocenters. The van der Waals surface area contributed by atoms with E-state index in [9.17, 15) is 10.2 Å². The third-order valence-electron chi connectivity index (χ3n) is 9.14. The third-order valence-corrected chi connectivity index (χ3v) is 9.14. The van der Waals surface area contributed by atoms with Crippen molar-refractivity contribution in [1.29, 1.82) is 0 Å². The summed E-state index contributed by atoms with van der Waals surface area (Å²) in [6.07, 6.45) is 10.7. The summed E-state index contributed by atoms with van der Waals surface area (Å²) in [5, 5.41) is 34.3. The quantitative estimate of drug-likeness (QED) is 0.389. The van der Waals surface area contributed by atoms with Gasteiger partial charge in [-0.25, -0.2) is 0 Å². The van der Waals surface area contributed by atoms with Gasteiger partial charge in [-0.15, -0.1) is 5.16 Å². The molecule has 4 saturated carbocycles. The van der Waals surface area contributed by atoms with E-state index in [0.29, 0.717) is 17.8 Å². The van der Waals surface area contributed by atoms with Crippen LogP contribution in [0.3, 0.4) is 0 Å². The average molecular weight is 335 g/mol. The van der Waals surface area contributed by atoms with Gasteiger partial charge in [0.05, 0.1) is 11.7 Å². The molecule has 4 nitrogen and oxygen atoms in total. The van der Waals surface area contributed by atoms with Crippen molar-refractivity contribution in [3.05, 3.63) is 0 Å². The van der Waals surface area contributed by atoms with Crippen LogP contribution in [-0.4, -0.2) is 33.3 Å². The van der Waals surface area contributed by atoms with Crippen molar-refractivity contribution in [3.8, 4) is 0 Å². The van der Waals surface area contributed by atoms with Gasteiger partial charge in [0.15, 0.2) is 0 Å². The predicted molar refractivity (Wildman–Crippen MR) is 93.0 cm³/mol. The Balaban J connectivity index is 1.66. The first-order valence-corrected chi connectivity index (χ1v) is 9.93. The van der Waals surface area contributed by atoms with Crippen molar-refractivity contribution in [2.24, 2.45) is 39.7 Å². The van der Waals surface area contributed by atoms with Gasteiger partial charge in [-0.1, -0.05) is 13.8 Å². The second kappa shape index (κ2) is 5.44. The van der Waals surface area contributed by atoms with Crippen molar-refractivity contribution in [1.82, 2.24) is 0 Å². The van der Waals surface area contributed by atoms with Gasteiger partial charge in [0.1, 0.15) is 0 Å². The molecule has 4 aliphatic carbocycles. The third kappa shape index (κ3) is 2.02. The van der Waals surface area contributed by atoms with E-state index in [1.807, 2.05) is 0 Å². The van der Waals surface area contributed by atoms with Crippen molar-refractivity contribution in [3.63, 3.8) is 0 Å². The summed E-state index contributed by atoms with van der Waals surface area (Å²) in [4.78, 5) is 0. The van der Waals surface area contributed by atoms with Crippen molar-refractivity contribution < 1.29 is 15.4 Å². The molecule has 4 heteroatoms. The van der Waals surface area contributed by atoms with Crippen LogP contribution in [0, 0.1) is 34.5 Å². The molecular weight excluding hydrogens is 302 g/mol. The molecule has 0 saturated heterocycles. The summed E-state index contributed by atoms with van der Waals surface area (Å²) in [6, 6.07) is 0. The van der Waals surface area contributed by atoms with Crippen LogP contribution in [0.2, 0.25) is 0 Å². The highest BCUT2D eigenvalue weighted by Gasteiger charge is 2.66. The van der Waals surface area contributed by atoms with Gasteiger partial charge in [-0.05, 0) is 81.0 Å². The Bertz CT molecular complexity index is 537. The number of aliphatic hydroxyl groups is 2. The summed E-state index contributed by atoms with van der Waals surface area (Å²) in [7, 11) is 0. The molecule has 0 aromatic heterocycles. The zero-order valence-corrected chi connectivity index (χ0v) is 15.1. The minimum Gasteiger partial charge on any atom is -0.411 e.